The number of hydrogen-bond acceptors (Lipinski definition) is 4. The second kappa shape index (κ2) is 7.78. The monoisotopic (exact) mass is 330 g/mol. The normalized spacial score (nSPS) is 12.9. The van der Waals surface area contributed by atoms with Crippen LogP contribution in [0, 0.1) is 11.8 Å². The third-order valence-electron chi connectivity index (χ3n) is 2.98. The predicted molar refractivity (Wildman–Crippen MR) is 83.8 cm³/mol. The molecule has 0 bridgehead atoms. The Hall–Kier alpha value is -1.10. The number of benzene rings is 1. The Labute approximate surface area is 131 Å². The molecule has 0 saturated carbocycles. The highest BCUT2D eigenvalue weighted by molar-refractivity contribution is 7.89. The Morgan fingerprint density at radius 2 is 2.10 bits per heavy atom. The highest BCUT2D eigenvalue weighted by Gasteiger charge is 2.19. The lowest BCUT2D eigenvalue weighted by Gasteiger charge is -2.20. The number of aliphatic hydroxyl groups excluding tert-OH is 1. The lowest BCUT2D eigenvalue weighted by Crippen LogP contribution is -2.38. The van der Waals surface area contributed by atoms with E-state index in [1.54, 1.807) is 6.07 Å². The van der Waals surface area contributed by atoms with E-state index in [4.69, 9.17) is 16.7 Å². The van der Waals surface area contributed by atoms with E-state index in [1.807, 2.05) is 25.9 Å². The summed E-state index contributed by atoms with van der Waals surface area (Å²) in [6, 6.07) is 4.49. The number of nitrogens with one attached hydrogen (secondary N) is 1. The molecule has 0 spiro atoms. The van der Waals surface area contributed by atoms with E-state index >= 15 is 0 Å². The topological polar surface area (TPSA) is 69.6 Å². The maximum absolute atomic E-state index is 12.2. The molecular weight excluding hydrogens is 312 g/mol. The van der Waals surface area contributed by atoms with Crippen molar-refractivity contribution in [3.8, 4) is 11.8 Å². The van der Waals surface area contributed by atoms with Crippen LogP contribution in [0.25, 0.3) is 0 Å². The molecule has 2 N–H and O–H groups in total. The maximum Gasteiger partial charge on any atom is 0.242 e. The summed E-state index contributed by atoms with van der Waals surface area (Å²) in [5.41, 5.74) is 0.551. The van der Waals surface area contributed by atoms with Gasteiger partial charge in [0.1, 0.15) is 11.5 Å². The third kappa shape index (κ3) is 5.30. The van der Waals surface area contributed by atoms with E-state index in [2.05, 4.69) is 16.6 Å². The molecule has 1 unspecified atom stereocenters. The standard InChI is InChI=1S/C14H19ClN2O3S/c1-11(17(2)3)10-16-21(19,20)14-7-6-12(5-4-8-18)9-13(14)15/h6-7,9,11,16,18H,8,10H2,1-3H3. The quantitative estimate of drug-likeness (QED) is 0.787. The Bertz CT molecular complexity index is 648. The van der Waals surface area contributed by atoms with Crippen molar-refractivity contribution < 1.29 is 13.5 Å². The maximum atomic E-state index is 12.2. The summed E-state index contributed by atoms with van der Waals surface area (Å²) in [5, 5.41) is 8.73. The zero-order chi connectivity index (χ0) is 16.0. The van der Waals surface area contributed by atoms with Crippen LogP contribution in [0.15, 0.2) is 23.1 Å². The van der Waals surface area contributed by atoms with Gasteiger partial charge in [-0.25, -0.2) is 13.1 Å². The number of hydrogen-bond donors (Lipinski definition) is 2. The van der Waals surface area contributed by atoms with Gasteiger partial charge in [0.25, 0.3) is 0 Å². The van der Waals surface area contributed by atoms with Gasteiger partial charge in [-0.1, -0.05) is 23.4 Å². The SMILES string of the molecule is CC(CNS(=O)(=O)c1ccc(C#CCO)cc1Cl)N(C)C. The molecule has 1 atom stereocenters. The summed E-state index contributed by atoms with van der Waals surface area (Å²) >= 11 is 6.01. The van der Waals surface area contributed by atoms with Crippen LogP contribution in [0.5, 0.6) is 0 Å². The minimum Gasteiger partial charge on any atom is -0.384 e. The van der Waals surface area contributed by atoms with Crippen molar-refractivity contribution in [2.75, 3.05) is 27.2 Å². The van der Waals surface area contributed by atoms with Crippen molar-refractivity contribution in [2.45, 2.75) is 17.9 Å². The van der Waals surface area contributed by atoms with E-state index in [0.29, 0.717) is 5.56 Å². The number of rotatable bonds is 5. The minimum absolute atomic E-state index is 0.0182. The van der Waals surface area contributed by atoms with Crippen molar-refractivity contribution in [1.82, 2.24) is 9.62 Å². The Kier molecular flexibility index (Phi) is 6.65. The van der Waals surface area contributed by atoms with Crippen LogP contribution < -0.4 is 4.72 Å². The van der Waals surface area contributed by atoms with Crippen LogP contribution in [0.1, 0.15) is 12.5 Å². The highest BCUT2D eigenvalue weighted by Crippen LogP contribution is 2.22. The fourth-order valence-electron chi connectivity index (χ4n) is 1.43. The van der Waals surface area contributed by atoms with Gasteiger partial charge in [0.2, 0.25) is 10.0 Å². The number of halogens is 1. The molecule has 0 fully saturated rings. The largest absolute Gasteiger partial charge is 0.384 e. The minimum atomic E-state index is -3.66. The van der Waals surface area contributed by atoms with Crippen LogP contribution >= 0.6 is 11.6 Å². The van der Waals surface area contributed by atoms with Crippen LogP contribution in [-0.4, -0.2) is 51.7 Å². The van der Waals surface area contributed by atoms with E-state index in [1.165, 1.54) is 12.1 Å². The van der Waals surface area contributed by atoms with Gasteiger partial charge in [-0.05, 0) is 39.2 Å². The predicted octanol–water partition coefficient (Wildman–Crippen LogP) is 0.912. The third-order valence-corrected chi connectivity index (χ3v) is 4.89. The van der Waals surface area contributed by atoms with Crippen molar-refractivity contribution in [2.24, 2.45) is 0 Å². The first-order valence-corrected chi connectivity index (χ1v) is 8.19. The van der Waals surface area contributed by atoms with Crippen LogP contribution in [0.3, 0.4) is 0 Å². The molecular formula is C14H19ClN2O3S. The second-order valence-corrected chi connectivity index (χ2v) is 6.91. The molecule has 0 amide bonds. The Morgan fingerprint density at radius 3 is 2.62 bits per heavy atom. The second-order valence-electron chi connectivity index (χ2n) is 4.77. The first-order valence-electron chi connectivity index (χ1n) is 6.33. The van der Waals surface area contributed by atoms with Crippen molar-refractivity contribution in [1.29, 1.82) is 0 Å². The zero-order valence-electron chi connectivity index (χ0n) is 12.2. The lowest BCUT2D eigenvalue weighted by molar-refractivity contribution is 0.314. The molecule has 1 rings (SSSR count). The number of likely N-dealkylation sites (N-methyl/N-ethyl adjacent to an activating group) is 1. The molecule has 5 nitrogen and oxygen atoms in total. The molecule has 116 valence electrons. The Morgan fingerprint density at radius 1 is 1.43 bits per heavy atom. The van der Waals surface area contributed by atoms with Gasteiger partial charge < -0.3 is 10.0 Å². The molecule has 0 aliphatic carbocycles. The van der Waals surface area contributed by atoms with E-state index in [9.17, 15) is 8.42 Å². The van der Waals surface area contributed by atoms with Gasteiger partial charge in [0, 0.05) is 18.2 Å². The smallest absolute Gasteiger partial charge is 0.242 e. The van der Waals surface area contributed by atoms with Crippen LogP contribution in [-0.2, 0) is 10.0 Å². The van der Waals surface area contributed by atoms with Crippen LogP contribution in [0.4, 0.5) is 0 Å². The molecule has 0 aliphatic rings. The molecule has 0 radical (unpaired) electrons. The molecule has 7 heteroatoms. The first-order chi connectivity index (χ1) is 9.77. The van der Waals surface area contributed by atoms with Gasteiger partial charge in [0.15, 0.2) is 0 Å². The lowest BCUT2D eigenvalue weighted by atomic mass is 10.2. The average molecular weight is 331 g/mol. The fraction of sp³-hybridized carbons (Fsp3) is 0.429. The summed E-state index contributed by atoms with van der Waals surface area (Å²) in [7, 11) is 0.0881. The zero-order valence-corrected chi connectivity index (χ0v) is 13.8. The molecule has 0 aromatic heterocycles. The molecule has 0 aliphatic heterocycles. The summed E-state index contributed by atoms with van der Waals surface area (Å²) in [5.74, 6) is 5.15. The number of nitrogens with zero attached hydrogens (tertiary/aromatic N) is 1. The summed E-state index contributed by atoms with van der Waals surface area (Å²) < 4.78 is 27.0. The first kappa shape index (κ1) is 18.0. The van der Waals surface area contributed by atoms with Gasteiger partial charge >= 0.3 is 0 Å². The summed E-state index contributed by atoms with van der Waals surface area (Å²) in [6.45, 7) is 1.94. The summed E-state index contributed by atoms with van der Waals surface area (Å²) in [4.78, 5) is 1.93. The Balaban J connectivity index is 2.94. The van der Waals surface area contributed by atoms with Gasteiger partial charge in [-0.3, -0.25) is 0 Å². The number of sulfonamides is 1. The van der Waals surface area contributed by atoms with Crippen LogP contribution in [0.2, 0.25) is 5.02 Å². The van der Waals surface area contributed by atoms with E-state index in [0.717, 1.165) is 0 Å². The fourth-order valence-corrected chi connectivity index (χ4v) is 3.09. The number of aliphatic hydroxyl groups is 1. The van der Waals surface area contributed by atoms with Gasteiger partial charge in [-0.15, -0.1) is 0 Å². The van der Waals surface area contributed by atoms with Crippen molar-refractivity contribution >= 4 is 21.6 Å². The molecule has 1 aromatic rings. The van der Waals surface area contributed by atoms with Gasteiger partial charge in [0.05, 0.1) is 5.02 Å². The van der Waals surface area contributed by atoms with Gasteiger partial charge in [-0.2, -0.15) is 0 Å². The van der Waals surface area contributed by atoms with E-state index < -0.39 is 10.0 Å². The average Bonchev–Trinajstić information content (AvgIpc) is 2.42. The van der Waals surface area contributed by atoms with E-state index in [-0.39, 0.29) is 29.1 Å². The van der Waals surface area contributed by atoms with Crippen molar-refractivity contribution in [3.63, 3.8) is 0 Å². The van der Waals surface area contributed by atoms with Crippen molar-refractivity contribution in [3.05, 3.63) is 28.8 Å². The molecule has 1 aromatic carbocycles. The molecule has 21 heavy (non-hydrogen) atoms. The summed E-state index contributed by atoms with van der Waals surface area (Å²) in [6.07, 6.45) is 0. The molecule has 0 saturated heterocycles. The molecule has 0 heterocycles. The highest BCUT2D eigenvalue weighted by atomic mass is 35.5.